The first kappa shape index (κ1) is 27.3. The fourth-order valence-corrected chi connectivity index (χ4v) is 5.52. The summed E-state index contributed by atoms with van der Waals surface area (Å²) in [4.78, 5) is 25.6. The fourth-order valence-electron chi connectivity index (χ4n) is 5.52. The van der Waals surface area contributed by atoms with E-state index in [1.165, 1.54) is 0 Å². The van der Waals surface area contributed by atoms with Crippen LogP contribution in [0.1, 0.15) is 24.0 Å². The van der Waals surface area contributed by atoms with Crippen molar-refractivity contribution < 1.29 is 28.4 Å². The number of nitrogens with zero attached hydrogens (tertiary/aromatic N) is 2. The number of aliphatic carboxylic acids is 1. The second kappa shape index (κ2) is 10.3. The van der Waals surface area contributed by atoms with Gasteiger partial charge in [-0.25, -0.2) is 9.59 Å². The summed E-state index contributed by atoms with van der Waals surface area (Å²) in [7, 11) is 12.0. The number of carboxylic acid groups (broad SMARTS) is 1. The molecule has 2 aromatic rings. The van der Waals surface area contributed by atoms with Crippen LogP contribution in [0.5, 0.6) is 0 Å². The highest BCUT2D eigenvalue weighted by Gasteiger charge is 2.51. The lowest BCUT2D eigenvalue weighted by Crippen LogP contribution is -2.64. The van der Waals surface area contributed by atoms with E-state index >= 15 is 0 Å². The molecule has 0 radical (unpaired) electrons. The summed E-state index contributed by atoms with van der Waals surface area (Å²) < 4.78 is 6.66. The van der Waals surface area contributed by atoms with Gasteiger partial charge in [0.2, 0.25) is 0 Å². The molecule has 0 fully saturated rings. The second-order valence-corrected chi connectivity index (χ2v) is 11.7. The molecular weight excluding hydrogens is 454 g/mol. The summed E-state index contributed by atoms with van der Waals surface area (Å²) in [6, 6.07) is 14.9. The van der Waals surface area contributed by atoms with Crippen LogP contribution in [0, 0.1) is 17.3 Å². The van der Waals surface area contributed by atoms with Crippen LogP contribution < -0.4 is 5.32 Å². The fraction of sp³-hybridized carbons (Fsp3) is 0.448. The number of alkyl carbamates (subject to hydrolysis) is 1. The normalized spacial score (nSPS) is 14.2. The lowest BCUT2D eigenvalue weighted by molar-refractivity contribution is -0.900. The molecule has 36 heavy (non-hydrogen) atoms. The van der Waals surface area contributed by atoms with Gasteiger partial charge >= 0.3 is 12.1 Å². The Kier molecular flexibility index (Phi) is 7.82. The van der Waals surface area contributed by atoms with Crippen LogP contribution in [0.25, 0.3) is 11.1 Å². The van der Waals surface area contributed by atoms with E-state index in [1.807, 2.05) is 78.7 Å². The molecule has 1 aliphatic rings. The quantitative estimate of drug-likeness (QED) is 0.415. The van der Waals surface area contributed by atoms with Crippen LogP contribution in [-0.4, -0.2) is 94.2 Å². The first-order valence-electron chi connectivity index (χ1n) is 12.2. The van der Waals surface area contributed by atoms with E-state index in [1.54, 1.807) is 6.92 Å². The maximum atomic E-state index is 13.1. The Morgan fingerprint density at radius 1 is 0.944 bits per heavy atom. The van der Waals surface area contributed by atoms with Crippen molar-refractivity contribution in [3.05, 3.63) is 59.7 Å². The molecule has 0 bridgehead atoms. The molecule has 1 atom stereocenters. The van der Waals surface area contributed by atoms with Crippen LogP contribution in [0.4, 0.5) is 4.79 Å². The van der Waals surface area contributed by atoms with Crippen LogP contribution in [-0.2, 0) is 9.53 Å². The minimum atomic E-state index is -1.24. The van der Waals surface area contributed by atoms with Crippen molar-refractivity contribution in [1.82, 2.24) is 5.32 Å². The predicted octanol–water partition coefficient (Wildman–Crippen LogP) is 3.40. The van der Waals surface area contributed by atoms with E-state index in [0.29, 0.717) is 22.1 Å². The first-order valence-corrected chi connectivity index (χ1v) is 12.2. The maximum absolute atomic E-state index is 13.1. The maximum Gasteiger partial charge on any atom is 0.407 e. The van der Waals surface area contributed by atoms with E-state index in [0.717, 1.165) is 22.3 Å². The van der Waals surface area contributed by atoms with E-state index in [4.69, 9.17) is 4.74 Å². The highest BCUT2D eigenvalue weighted by Crippen LogP contribution is 2.44. The molecule has 1 amide bonds. The molecule has 2 aromatic carbocycles. The van der Waals surface area contributed by atoms with Crippen molar-refractivity contribution in [2.24, 2.45) is 5.41 Å². The van der Waals surface area contributed by atoms with Crippen molar-refractivity contribution in [2.45, 2.75) is 18.9 Å². The van der Waals surface area contributed by atoms with Gasteiger partial charge in [0.1, 0.15) is 19.7 Å². The average molecular weight is 494 g/mol. The highest BCUT2D eigenvalue weighted by molar-refractivity contribution is 5.82. The summed E-state index contributed by atoms with van der Waals surface area (Å²) in [5.74, 6) is 4.88. The third-order valence-electron chi connectivity index (χ3n) is 6.29. The summed E-state index contributed by atoms with van der Waals surface area (Å²) in [5, 5.41) is 12.9. The Bertz CT molecular complexity index is 1120. The van der Waals surface area contributed by atoms with Gasteiger partial charge in [-0.05, 0) is 29.2 Å². The van der Waals surface area contributed by atoms with E-state index < -0.39 is 23.5 Å². The van der Waals surface area contributed by atoms with Crippen LogP contribution in [0.3, 0.4) is 0 Å². The molecule has 1 aliphatic carbocycles. The minimum absolute atomic E-state index is 0.107. The Balaban J connectivity index is 1.86. The smallest absolute Gasteiger partial charge is 0.407 e. The molecule has 2 N–H and O–H groups in total. The number of carboxylic acids is 1. The van der Waals surface area contributed by atoms with Gasteiger partial charge in [0.05, 0.1) is 42.3 Å². The number of rotatable bonds is 9. The van der Waals surface area contributed by atoms with Crippen molar-refractivity contribution in [1.29, 1.82) is 0 Å². The summed E-state index contributed by atoms with van der Waals surface area (Å²) >= 11 is 0. The van der Waals surface area contributed by atoms with Gasteiger partial charge in [0.25, 0.3) is 0 Å². The van der Waals surface area contributed by atoms with Crippen molar-refractivity contribution in [2.75, 3.05) is 62.0 Å². The van der Waals surface area contributed by atoms with Crippen LogP contribution in [0.2, 0.25) is 0 Å². The van der Waals surface area contributed by atoms with E-state index in [9.17, 15) is 14.7 Å². The molecule has 0 unspecified atom stereocenters. The Hall–Kier alpha value is -3.34. The molecular formula is C29H39N3O4+2. The molecule has 0 saturated heterocycles. The molecule has 7 heteroatoms. The SMILES string of the molecule is CC#CC(C[N+](C)(C)C)(C[N+](C)(C)C)[C@H](NC(=O)OCC1c2ccccc2-c2ccccc21)C(=O)O. The number of amides is 1. The zero-order valence-corrected chi connectivity index (χ0v) is 22.5. The largest absolute Gasteiger partial charge is 0.480 e. The number of hydrogen-bond acceptors (Lipinski definition) is 3. The van der Waals surface area contributed by atoms with Crippen LogP contribution in [0.15, 0.2) is 48.5 Å². The number of benzene rings is 2. The number of nitrogens with one attached hydrogen (secondary N) is 1. The van der Waals surface area contributed by atoms with Crippen molar-refractivity contribution in [3.8, 4) is 23.0 Å². The third kappa shape index (κ3) is 6.26. The molecule has 0 heterocycles. The standard InChI is InChI=1S/C29H37N3O4/c1-8-17-29(19-31(2,3)4,20-32(5,6)7)26(27(33)34)30-28(35)36-18-25-23-15-11-9-13-21(23)22-14-10-12-16-24(22)25/h9-16,25-26H,18-20H2,1-7H3/p+2/t26-/m1/s1. The van der Waals surface area contributed by atoms with Gasteiger partial charge in [-0.2, -0.15) is 0 Å². The first-order chi connectivity index (χ1) is 16.8. The lowest BCUT2D eigenvalue weighted by atomic mass is 9.78. The second-order valence-electron chi connectivity index (χ2n) is 11.7. The lowest BCUT2D eigenvalue weighted by Gasteiger charge is -2.42. The zero-order valence-electron chi connectivity index (χ0n) is 22.5. The molecule has 7 nitrogen and oxygen atoms in total. The zero-order chi connectivity index (χ0) is 26.7. The highest BCUT2D eigenvalue weighted by atomic mass is 16.5. The van der Waals surface area contributed by atoms with Gasteiger partial charge in [-0.1, -0.05) is 54.5 Å². The molecule has 0 aliphatic heterocycles. The van der Waals surface area contributed by atoms with E-state index in [-0.39, 0.29) is 12.5 Å². The average Bonchev–Trinajstić information content (AvgIpc) is 3.07. The van der Waals surface area contributed by atoms with Gasteiger partial charge in [0, 0.05) is 5.92 Å². The van der Waals surface area contributed by atoms with Crippen molar-refractivity contribution >= 4 is 12.1 Å². The number of carbonyl (C=O) groups is 2. The number of hydrogen-bond donors (Lipinski definition) is 2. The monoisotopic (exact) mass is 493 g/mol. The minimum Gasteiger partial charge on any atom is -0.480 e. The molecule has 3 rings (SSSR count). The summed E-state index contributed by atoms with van der Waals surface area (Å²) in [6.45, 7) is 2.68. The van der Waals surface area contributed by atoms with Crippen molar-refractivity contribution in [3.63, 3.8) is 0 Å². The predicted molar refractivity (Wildman–Crippen MR) is 141 cm³/mol. The molecule has 192 valence electrons. The van der Waals surface area contributed by atoms with Crippen LogP contribution >= 0.6 is 0 Å². The van der Waals surface area contributed by atoms with E-state index in [2.05, 4.69) is 29.3 Å². The Morgan fingerprint density at radius 2 is 1.42 bits per heavy atom. The number of quaternary nitrogens is 2. The number of ether oxygens (including phenoxy) is 1. The summed E-state index contributed by atoms with van der Waals surface area (Å²) in [6.07, 6.45) is -0.755. The summed E-state index contributed by atoms with van der Waals surface area (Å²) in [5.41, 5.74) is 3.45. The van der Waals surface area contributed by atoms with Gasteiger partial charge in [-0.3, -0.25) is 0 Å². The molecule has 0 aromatic heterocycles. The van der Waals surface area contributed by atoms with Gasteiger partial charge in [-0.15, -0.1) is 5.92 Å². The van der Waals surface area contributed by atoms with Gasteiger partial charge in [0.15, 0.2) is 11.5 Å². The number of fused-ring (bicyclic) bond motifs is 3. The van der Waals surface area contributed by atoms with Gasteiger partial charge < -0.3 is 24.1 Å². The Morgan fingerprint density at radius 3 is 1.83 bits per heavy atom. The topological polar surface area (TPSA) is 75.6 Å². The molecule has 0 saturated carbocycles. The molecule has 0 spiro atoms. The third-order valence-corrected chi connectivity index (χ3v) is 6.29. The Labute approximate surface area is 214 Å². The number of carbonyl (C=O) groups excluding carboxylic acids is 1.